The van der Waals surface area contributed by atoms with Crippen LogP contribution in [0.1, 0.15) is 25.3 Å². The lowest BCUT2D eigenvalue weighted by atomic mass is 10.2. The SMILES string of the molecule is CCCC(O)CNC(=O)CSCc1cccnc1. The Labute approximate surface area is 112 Å². The number of rotatable bonds is 8. The molecular formula is C13H20N2O2S. The highest BCUT2D eigenvalue weighted by molar-refractivity contribution is 7.99. The van der Waals surface area contributed by atoms with Gasteiger partial charge in [0.1, 0.15) is 0 Å². The third-order valence-electron chi connectivity index (χ3n) is 2.38. The Hall–Kier alpha value is -1.07. The highest BCUT2D eigenvalue weighted by Gasteiger charge is 2.06. The minimum Gasteiger partial charge on any atom is -0.391 e. The van der Waals surface area contributed by atoms with Gasteiger partial charge in [-0.05, 0) is 18.1 Å². The van der Waals surface area contributed by atoms with Crippen LogP contribution in [0, 0.1) is 0 Å². The first kappa shape index (κ1) is 15.0. The zero-order valence-electron chi connectivity index (χ0n) is 10.6. The van der Waals surface area contributed by atoms with E-state index in [0.717, 1.165) is 24.2 Å². The van der Waals surface area contributed by atoms with Crippen molar-refractivity contribution in [3.8, 4) is 0 Å². The molecule has 0 fully saturated rings. The molecule has 0 spiro atoms. The summed E-state index contributed by atoms with van der Waals surface area (Å²) in [6, 6.07) is 3.87. The van der Waals surface area contributed by atoms with Crippen LogP contribution in [-0.4, -0.2) is 34.4 Å². The number of aromatic nitrogens is 1. The monoisotopic (exact) mass is 268 g/mol. The third-order valence-corrected chi connectivity index (χ3v) is 3.39. The van der Waals surface area contributed by atoms with Crippen molar-refractivity contribution in [1.29, 1.82) is 0 Å². The second-order valence-electron chi connectivity index (χ2n) is 4.10. The van der Waals surface area contributed by atoms with Gasteiger partial charge >= 0.3 is 0 Å². The number of carbonyl (C=O) groups is 1. The van der Waals surface area contributed by atoms with E-state index >= 15 is 0 Å². The van der Waals surface area contributed by atoms with Crippen molar-refractivity contribution in [2.75, 3.05) is 12.3 Å². The second-order valence-corrected chi connectivity index (χ2v) is 5.09. The molecule has 0 saturated heterocycles. The van der Waals surface area contributed by atoms with Gasteiger partial charge in [0.05, 0.1) is 11.9 Å². The van der Waals surface area contributed by atoms with Crippen LogP contribution in [0.25, 0.3) is 0 Å². The lowest BCUT2D eigenvalue weighted by Gasteiger charge is -2.10. The minimum atomic E-state index is -0.428. The van der Waals surface area contributed by atoms with E-state index in [1.54, 1.807) is 24.2 Å². The number of nitrogens with zero attached hydrogens (tertiary/aromatic N) is 1. The van der Waals surface area contributed by atoms with Gasteiger partial charge in [0.2, 0.25) is 5.91 Å². The summed E-state index contributed by atoms with van der Waals surface area (Å²) >= 11 is 1.55. The molecule has 0 radical (unpaired) electrons. The molecule has 2 N–H and O–H groups in total. The van der Waals surface area contributed by atoms with Gasteiger partial charge in [0.25, 0.3) is 0 Å². The number of pyridine rings is 1. The number of aliphatic hydroxyl groups excluding tert-OH is 1. The Morgan fingerprint density at radius 1 is 1.61 bits per heavy atom. The van der Waals surface area contributed by atoms with Crippen LogP contribution in [0.5, 0.6) is 0 Å². The summed E-state index contributed by atoms with van der Waals surface area (Å²) in [6.45, 7) is 2.36. The molecule has 100 valence electrons. The van der Waals surface area contributed by atoms with E-state index in [9.17, 15) is 9.90 Å². The number of hydrogen-bond donors (Lipinski definition) is 2. The molecular weight excluding hydrogens is 248 g/mol. The molecule has 1 unspecified atom stereocenters. The largest absolute Gasteiger partial charge is 0.391 e. The Bertz CT molecular complexity index is 346. The molecule has 1 rings (SSSR count). The summed E-state index contributed by atoms with van der Waals surface area (Å²) in [7, 11) is 0. The fraction of sp³-hybridized carbons (Fsp3) is 0.538. The summed E-state index contributed by atoms with van der Waals surface area (Å²) in [5, 5.41) is 12.2. The van der Waals surface area contributed by atoms with Crippen LogP contribution in [0.4, 0.5) is 0 Å². The predicted octanol–water partition coefficient (Wildman–Crippen LogP) is 1.59. The predicted molar refractivity (Wildman–Crippen MR) is 74.3 cm³/mol. The first-order valence-electron chi connectivity index (χ1n) is 6.13. The summed E-state index contributed by atoms with van der Waals surface area (Å²) < 4.78 is 0. The van der Waals surface area contributed by atoms with E-state index in [1.807, 2.05) is 19.1 Å². The number of amides is 1. The lowest BCUT2D eigenvalue weighted by molar-refractivity contribution is -0.119. The average Bonchev–Trinajstić information content (AvgIpc) is 2.38. The highest BCUT2D eigenvalue weighted by Crippen LogP contribution is 2.10. The molecule has 0 aliphatic carbocycles. The Morgan fingerprint density at radius 3 is 3.11 bits per heavy atom. The van der Waals surface area contributed by atoms with Crippen LogP contribution in [0.3, 0.4) is 0 Å². The molecule has 1 heterocycles. The molecule has 1 amide bonds. The summed E-state index contributed by atoms with van der Waals surface area (Å²) in [6.07, 6.45) is 4.75. The molecule has 1 aromatic rings. The topological polar surface area (TPSA) is 62.2 Å². The van der Waals surface area contributed by atoms with Gasteiger partial charge in [-0.15, -0.1) is 11.8 Å². The molecule has 0 aromatic carbocycles. The quantitative estimate of drug-likeness (QED) is 0.751. The second kappa shape index (κ2) is 8.94. The number of carbonyl (C=O) groups excluding carboxylic acids is 1. The van der Waals surface area contributed by atoms with Crippen molar-refractivity contribution in [3.05, 3.63) is 30.1 Å². The Balaban J connectivity index is 2.10. The molecule has 18 heavy (non-hydrogen) atoms. The van der Waals surface area contributed by atoms with Crippen molar-refractivity contribution < 1.29 is 9.90 Å². The average molecular weight is 268 g/mol. The maximum Gasteiger partial charge on any atom is 0.230 e. The van der Waals surface area contributed by atoms with E-state index in [-0.39, 0.29) is 5.91 Å². The normalized spacial score (nSPS) is 12.1. The van der Waals surface area contributed by atoms with Crippen LogP contribution >= 0.6 is 11.8 Å². The van der Waals surface area contributed by atoms with Crippen LogP contribution in [0.2, 0.25) is 0 Å². The fourth-order valence-corrected chi connectivity index (χ4v) is 2.26. The van der Waals surface area contributed by atoms with Gasteiger partial charge in [0, 0.05) is 24.7 Å². The van der Waals surface area contributed by atoms with Crippen molar-refractivity contribution >= 4 is 17.7 Å². The maximum absolute atomic E-state index is 11.5. The fourth-order valence-electron chi connectivity index (χ4n) is 1.46. The van der Waals surface area contributed by atoms with E-state index < -0.39 is 6.10 Å². The molecule has 1 aromatic heterocycles. The Morgan fingerprint density at radius 2 is 2.44 bits per heavy atom. The molecule has 0 bridgehead atoms. The number of hydrogen-bond acceptors (Lipinski definition) is 4. The number of nitrogens with one attached hydrogen (secondary N) is 1. The van der Waals surface area contributed by atoms with Crippen molar-refractivity contribution in [2.45, 2.75) is 31.6 Å². The van der Waals surface area contributed by atoms with E-state index in [2.05, 4.69) is 10.3 Å². The van der Waals surface area contributed by atoms with Gasteiger partial charge < -0.3 is 10.4 Å². The van der Waals surface area contributed by atoms with Gasteiger partial charge in [-0.3, -0.25) is 9.78 Å². The molecule has 5 heteroatoms. The zero-order chi connectivity index (χ0) is 13.2. The third kappa shape index (κ3) is 6.61. The smallest absolute Gasteiger partial charge is 0.230 e. The Kier molecular flexibility index (Phi) is 7.44. The summed E-state index contributed by atoms with van der Waals surface area (Å²) in [4.78, 5) is 15.5. The van der Waals surface area contributed by atoms with Crippen LogP contribution in [0.15, 0.2) is 24.5 Å². The van der Waals surface area contributed by atoms with Crippen LogP contribution < -0.4 is 5.32 Å². The molecule has 0 aliphatic heterocycles. The molecule has 0 aliphatic rings. The van der Waals surface area contributed by atoms with Gasteiger partial charge in [-0.2, -0.15) is 0 Å². The maximum atomic E-state index is 11.5. The van der Waals surface area contributed by atoms with Crippen molar-refractivity contribution in [2.24, 2.45) is 0 Å². The first-order chi connectivity index (χ1) is 8.72. The van der Waals surface area contributed by atoms with Crippen molar-refractivity contribution in [1.82, 2.24) is 10.3 Å². The molecule has 4 nitrogen and oxygen atoms in total. The standard InChI is InChI=1S/C13H20N2O2S/c1-2-4-12(16)8-15-13(17)10-18-9-11-5-3-6-14-7-11/h3,5-7,12,16H,2,4,8-10H2,1H3,(H,15,17). The van der Waals surface area contributed by atoms with Gasteiger partial charge in [-0.1, -0.05) is 19.4 Å². The lowest BCUT2D eigenvalue weighted by Crippen LogP contribution is -2.33. The molecule has 1 atom stereocenters. The number of thioether (sulfide) groups is 1. The zero-order valence-corrected chi connectivity index (χ0v) is 11.4. The van der Waals surface area contributed by atoms with Crippen LogP contribution in [-0.2, 0) is 10.5 Å². The highest BCUT2D eigenvalue weighted by atomic mass is 32.2. The van der Waals surface area contributed by atoms with Gasteiger partial charge in [-0.25, -0.2) is 0 Å². The summed E-state index contributed by atoms with van der Waals surface area (Å²) in [5.74, 6) is 1.16. The molecule has 0 saturated carbocycles. The van der Waals surface area contributed by atoms with E-state index in [4.69, 9.17) is 0 Å². The first-order valence-corrected chi connectivity index (χ1v) is 7.29. The number of aliphatic hydroxyl groups is 1. The van der Waals surface area contributed by atoms with E-state index in [0.29, 0.717) is 12.3 Å². The van der Waals surface area contributed by atoms with Crippen molar-refractivity contribution in [3.63, 3.8) is 0 Å². The van der Waals surface area contributed by atoms with E-state index in [1.165, 1.54) is 0 Å². The minimum absolute atomic E-state index is 0.0287. The van der Waals surface area contributed by atoms with Gasteiger partial charge in [0.15, 0.2) is 0 Å². The summed E-state index contributed by atoms with van der Waals surface area (Å²) in [5.41, 5.74) is 1.11.